The molecule has 0 heterocycles. The summed E-state index contributed by atoms with van der Waals surface area (Å²) in [4.78, 5) is 21.7. The number of hydrogen-bond acceptors (Lipinski definition) is 3. The number of ketones is 1. The normalized spacial score (nSPS) is 9.57. The Morgan fingerprint density at radius 3 is 2.36 bits per heavy atom. The molecule has 0 spiro atoms. The van der Waals surface area contributed by atoms with Crippen molar-refractivity contribution in [3.63, 3.8) is 0 Å². The molecule has 1 amide bonds. The fraction of sp³-hybridized carbons (Fsp3) is 0.667. The van der Waals surface area contributed by atoms with Crippen molar-refractivity contribution in [2.45, 2.75) is 19.8 Å². The maximum Gasteiger partial charge on any atom is 0.220 e. The molecule has 0 saturated heterocycles. The Kier molecular flexibility index (Phi) is 7.25. The molecule has 0 radical (unpaired) electrons. The Balaban J connectivity index is 3.53. The van der Waals surface area contributed by atoms with E-state index in [0.717, 1.165) is 5.29 Å². The maximum atomic E-state index is 11.1. The van der Waals surface area contributed by atoms with Gasteiger partial charge in [-0.15, -0.1) is 8.86 Å². The zero-order chi connectivity index (χ0) is 11.0. The van der Waals surface area contributed by atoms with Crippen LogP contribution in [0, 0.1) is 0 Å². The summed E-state index contributed by atoms with van der Waals surface area (Å²) in [5, 5.41) is 6.63. The van der Waals surface area contributed by atoms with Crippen LogP contribution < -0.4 is 10.6 Å². The van der Waals surface area contributed by atoms with E-state index in [4.69, 9.17) is 0 Å². The van der Waals surface area contributed by atoms with E-state index >= 15 is 0 Å². The lowest BCUT2D eigenvalue weighted by Crippen LogP contribution is -2.32. The van der Waals surface area contributed by atoms with Crippen LogP contribution in [-0.4, -0.2) is 37.1 Å². The van der Waals surface area contributed by atoms with Crippen molar-refractivity contribution >= 4 is 25.8 Å². The first kappa shape index (κ1) is 13.3. The lowest BCUT2D eigenvalue weighted by atomic mass is 10.2. The summed E-state index contributed by atoms with van der Waals surface area (Å²) in [7, 11) is 5.20. The molecule has 0 aliphatic heterocycles. The zero-order valence-electron chi connectivity index (χ0n) is 8.64. The largest absolute Gasteiger partial charge is 0.352 e. The Labute approximate surface area is 86.7 Å². The molecule has 0 rings (SSSR count). The van der Waals surface area contributed by atoms with Gasteiger partial charge in [0.25, 0.3) is 0 Å². The highest BCUT2D eigenvalue weighted by molar-refractivity contribution is 7.21. The Morgan fingerprint density at radius 2 is 1.86 bits per heavy atom. The first-order valence-electron chi connectivity index (χ1n) is 4.53. The highest BCUT2D eigenvalue weighted by Crippen LogP contribution is 1.89. The van der Waals surface area contributed by atoms with Crippen LogP contribution in [0.15, 0.2) is 0 Å². The van der Waals surface area contributed by atoms with Crippen molar-refractivity contribution in [2.75, 3.05) is 20.1 Å². The first-order chi connectivity index (χ1) is 6.56. The van der Waals surface area contributed by atoms with Crippen LogP contribution in [0.3, 0.4) is 0 Å². The molecule has 0 aromatic rings. The molecular formula is C9H17N2O2P. The van der Waals surface area contributed by atoms with Crippen molar-refractivity contribution in [1.29, 1.82) is 0 Å². The van der Waals surface area contributed by atoms with Gasteiger partial charge in [0.2, 0.25) is 5.91 Å². The maximum absolute atomic E-state index is 11.1. The molecule has 0 bridgehead atoms. The van der Waals surface area contributed by atoms with Crippen molar-refractivity contribution in [3.05, 3.63) is 0 Å². The number of Topliss-reactive ketones (excluding diaryl/α,β-unsaturated/α-hetero) is 1. The van der Waals surface area contributed by atoms with Crippen LogP contribution in [0.5, 0.6) is 0 Å². The molecule has 2 N–H and O–H groups in total. The van der Waals surface area contributed by atoms with E-state index in [2.05, 4.69) is 19.5 Å². The molecule has 5 heteroatoms. The summed E-state index contributed by atoms with van der Waals surface area (Å²) in [6.07, 6.45) is 0.587. The van der Waals surface area contributed by atoms with E-state index in [0.29, 0.717) is 19.5 Å². The Morgan fingerprint density at radius 1 is 1.21 bits per heavy atom. The lowest BCUT2D eigenvalue weighted by molar-refractivity contribution is -0.124. The van der Waals surface area contributed by atoms with Crippen LogP contribution in [0.25, 0.3) is 0 Å². The Bertz CT molecular complexity index is 229. The second-order valence-electron chi connectivity index (χ2n) is 3.11. The van der Waals surface area contributed by atoms with E-state index < -0.39 is 0 Å². The van der Waals surface area contributed by atoms with Gasteiger partial charge in [-0.1, -0.05) is 0 Å². The van der Waals surface area contributed by atoms with Gasteiger partial charge in [0.05, 0.1) is 0 Å². The molecule has 0 fully saturated rings. The standard InChI is InChI=1S/C9H17N2O2P/c1-7(12)3-4-9(13)11-6-8(14)5-10-2/h10,14H,3-6H2,1-2H3,(H,11,13). The predicted octanol–water partition coefficient (Wildman–Crippen LogP) is 0.00640. The fourth-order valence-electron chi connectivity index (χ4n) is 0.859. The smallest absolute Gasteiger partial charge is 0.220 e. The summed E-state index contributed by atoms with van der Waals surface area (Å²) in [6.45, 7) is 2.69. The minimum atomic E-state index is -0.0907. The molecule has 0 aromatic heterocycles. The van der Waals surface area contributed by atoms with Crippen molar-refractivity contribution in [3.8, 4) is 0 Å². The third-order valence-corrected chi connectivity index (χ3v) is 1.95. The fourth-order valence-corrected chi connectivity index (χ4v) is 1.12. The molecule has 80 valence electrons. The molecule has 14 heavy (non-hydrogen) atoms. The SMILES string of the molecule is CNCC(=P)CNC(=O)CCC(C)=O. The number of amides is 1. The highest BCUT2D eigenvalue weighted by Gasteiger charge is 2.03. The summed E-state index contributed by atoms with van der Waals surface area (Å²) in [5.41, 5.74) is 0. The summed E-state index contributed by atoms with van der Waals surface area (Å²) in [5.74, 6) is -0.0509. The second-order valence-corrected chi connectivity index (χ2v) is 3.82. The number of carbonyl (C=O) groups is 2. The average molecular weight is 216 g/mol. The number of carbonyl (C=O) groups excluding carboxylic acids is 2. The van der Waals surface area contributed by atoms with Gasteiger partial charge in [0.15, 0.2) is 0 Å². The molecule has 0 aliphatic rings. The lowest BCUT2D eigenvalue weighted by Gasteiger charge is -2.06. The van der Waals surface area contributed by atoms with Crippen LogP contribution in [0.4, 0.5) is 0 Å². The van der Waals surface area contributed by atoms with Gasteiger partial charge in [0, 0.05) is 25.9 Å². The molecule has 0 unspecified atom stereocenters. The van der Waals surface area contributed by atoms with E-state index in [1.54, 1.807) is 0 Å². The monoisotopic (exact) mass is 216 g/mol. The van der Waals surface area contributed by atoms with E-state index in [1.165, 1.54) is 6.92 Å². The van der Waals surface area contributed by atoms with Gasteiger partial charge < -0.3 is 15.4 Å². The van der Waals surface area contributed by atoms with E-state index in [9.17, 15) is 9.59 Å². The quantitative estimate of drug-likeness (QED) is 0.589. The zero-order valence-corrected chi connectivity index (χ0v) is 9.64. The Hall–Kier alpha value is -0.730. The summed E-state index contributed by atoms with van der Waals surface area (Å²) < 4.78 is 0. The second kappa shape index (κ2) is 7.65. The van der Waals surface area contributed by atoms with Crippen LogP contribution >= 0.6 is 8.86 Å². The molecular weight excluding hydrogens is 199 g/mol. The molecule has 0 atom stereocenters. The van der Waals surface area contributed by atoms with Crippen molar-refractivity contribution < 1.29 is 9.59 Å². The van der Waals surface area contributed by atoms with Gasteiger partial charge in [0.1, 0.15) is 5.78 Å². The van der Waals surface area contributed by atoms with Gasteiger partial charge in [-0.2, -0.15) is 0 Å². The van der Waals surface area contributed by atoms with Crippen LogP contribution in [0.1, 0.15) is 19.8 Å². The topological polar surface area (TPSA) is 58.2 Å². The number of nitrogens with one attached hydrogen (secondary N) is 2. The predicted molar refractivity (Wildman–Crippen MR) is 60.2 cm³/mol. The first-order valence-corrected chi connectivity index (χ1v) is 5.03. The van der Waals surface area contributed by atoms with Crippen LogP contribution in [-0.2, 0) is 9.59 Å². The highest BCUT2D eigenvalue weighted by atomic mass is 31.0. The average Bonchev–Trinajstić information content (AvgIpc) is 2.12. The molecule has 0 aromatic carbocycles. The van der Waals surface area contributed by atoms with Crippen molar-refractivity contribution in [1.82, 2.24) is 10.6 Å². The third kappa shape index (κ3) is 7.90. The van der Waals surface area contributed by atoms with Crippen LogP contribution in [0.2, 0.25) is 0 Å². The van der Waals surface area contributed by atoms with Gasteiger partial charge in [-0.25, -0.2) is 0 Å². The third-order valence-electron chi connectivity index (χ3n) is 1.59. The van der Waals surface area contributed by atoms with Gasteiger partial charge in [-0.05, 0) is 19.3 Å². The summed E-state index contributed by atoms with van der Waals surface area (Å²) in [6, 6.07) is 0. The number of hydrogen-bond donors (Lipinski definition) is 2. The molecule has 4 nitrogen and oxygen atoms in total. The molecule has 0 aliphatic carbocycles. The summed E-state index contributed by atoms with van der Waals surface area (Å²) >= 11 is 0. The van der Waals surface area contributed by atoms with E-state index in [-0.39, 0.29) is 18.1 Å². The molecule has 0 saturated carbocycles. The van der Waals surface area contributed by atoms with E-state index in [1.807, 2.05) is 7.05 Å². The van der Waals surface area contributed by atoms with Gasteiger partial charge >= 0.3 is 0 Å². The number of rotatable bonds is 7. The van der Waals surface area contributed by atoms with Gasteiger partial charge in [-0.3, -0.25) is 4.79 Å². The minimum Gasteiger partial charge on any atom is -0.352 e. The minimum absolute atomic E-state index is 0.0398. The van der Waals surface area contributed by atoms with Crippen molar-refractivity contribution in [2.24, 2.45) is 0 Å².